The maximum Gasteiger partial charge on any atom is 0.240 e. The van der Waals surface area contributed by atoms with Crippen LogP contribution < -0.4 is 5.32 Å². The Morgan fingerprint density at radius 1 is 1.15 bits per heavy atom. The van der Waals surface area contributed by atoms with E-state index in [-0.39, 0.29) is 5.54 Å². The monoisotopic (exact) mass is 273 g/mol. The Bertz CT molecular complexity index is 550. The number of rotatable bonds is 4. The van der Waals surface area contributed by atoms with Gasteiger partial charge in [-0.15, -0.1) is 0 Å². The van der Waals surface area contributed by atoms with Crippen molar-refractivity contribution in [2.24, 2.45) is 0 Å². The fourth-order valence-corrected chi connectivity index (χ4v) is 1.80. The summed E-state index contributed by atoms with van der Waals surface area (Å²) in [4.78, 5) is 4.42. The van der Waals surface area contributed by atoms with Gasteiger partial charge in [-0.1, -0.05) is 43.3 Å². The molecule has 0 aliphatic rings. The molecular weight excluding hydrogens is 250 g/mol. The molecule has 0 amide bonds. The molecule has 1 aromatic heterocycles. The standard InChI is InChI=1S/C16H23N3O/c1-11(2)12-6-8-13(9-7-12)15-18-14(20-19-15)10-17-16(3,4)5/h6-9,11,17H,10H2,1-5H3. The molecule has 1 heterocycles. The first-order chi connectivity index (χ1) is 9.35. The lowest BCUT2D eigenvalue weighted by molar-refractivity contribution is 0.336. The zero-order chi connectivity index (χ0) is 14.8. The van der Waals surface area contributed by atoms with Gasteiger partial charge in [-0.3, -0.25) is 0 Å². The van der Waals surface area contributed by atoms with Gasteiger partial charge in [0, 0.05) is 11.1 Å². The third-order valence-electron chi connectivity index (χ3n) is 3.07. The molecule has 0 atom stereocenters. The largest absolute Gasteiger partial charge is 0.338 e. The summed E-state index contributed by atoms with van der Waals surface area (Å²) in [5.74, 6) is 1.79. The van der Waals surface area contributed by atoms with Crippen LogP contribution in [0.5, 0.6) is 0 Å². The second kappa shape index (κ2) is 5.75. The molecule has 4 heteroatoms. The zero-order valence-electron chi connectivity index (χ0n) is 12.9. The molecule has 20 heavy (non-hydrogen) atoms. The number of nitrogens with zero attached hydrogens (tertiary/aromatic N) is 2. The summed E-state index contributed by atoms with van der Waals surface area (Å²) >= 11 is 0. The van der Waals surface area contributed by atoms with Crippen molar-refractivity contribution in [3.63, 3.8) is 0 Å². The Morgan fingerprint density at radius 3 is 2.35 bits per heavy atom. The average molecular weight is 273 g/mol. The molecule has 0 radical (unpaired) electrons. The van der Waals surface area contributed by atoms with Crippen LogP contribution in [-0.2, 0) is 6.54 Å². The normalized spacial score (nSPS) is 12.1. The summed E-state index contributed by atoms with van der Waals surface area (Å²) in [5.41, 5.74) is 2.33. The van der Waals surface area contributed by atoms with Crippen LogP contribution in [0.1, 0.15) is 52.0 Å². The van der Waals surface area contributed by atoms with E-state index < -0.39 is 0 Å². The maximum absolute atomic E-state index is 5.27. The van der Waals surface area contributed by atoms with Crippen molar-refractivity contribution < 1.29 is 4.52 Å². The molecule has 1 aromatic carbocycles. The number of nitrogens with one attached hydrogen (secondary N) is 1. The van der Waals surface area contributed by atoms with E-state index in [0.717, 1.165) is 5.56 Å². The Hall–Kier alpha value is -1.68. The quantitative estimate of drug-likeness (QED) is 0.921. The highest BCUT2D eigenvalue weighted by Crippen LogP contribution is 2.20. The van der Waals surface area contributed by atoms with E-state index in [9.17, 15) is 0 Å². The van der Waals surface area contributed by atoms with Crippen molar-refractivity contribution in [1.29, 1.82) is 0 Å². The van der Waals surface area contributed by atoms with Gasteiger partial charge in [0.15, 0.2) is 0 Å². The lowest BCUT2D eigenvalue weighted by Crippen LogP contribution is -2.35. The first kappa shape index (κ1) is 14.7. The van der Waals surface area contributed by atoms with E-state index in [0.29, 0.717) is 24.2 Å². The summed E-state index contributed by atoms with van der Waals surface area (Å²) in [5, 5.41) is 7.37. The third-order valence-corrected chi connectivity index (χ3v) is 3.07. The molecule has 0 saturated carbocycles. The van der Waals surface area contributed by atoms with Crippen LogP contribution >= 0.6 is 0 Å². The Balaban J connectivity index is 2.08. The average Bonchev–Trinajstić information content (AvgIpc) is 2.84. The summed E-state index contributed by atoms with van der Waals surface area (Å²) in [6.45, 7) is 11.3. The summed E-state index contributed by atoms with van der Waals surface area (Å²) in [6.07, 6.45) is 0. The molecular formula is C16H23N3O. The van der Waals surface area contributed by atoms with E-state index in [1.165, 1.54) is 5.56 Å². The predicted octanol–water partition coefficient (Wildman–Crippen LogP) is 3.75. The predicted molar refractivity (Wildman–Crippen MR) is 80.4 cm³/mol. The Kier molecular flexibility index (Phi) is 4.23. The van der Waals surface area contributed by atoms with E-state index in [1.54, 1.807) is 0 Å². The van der Waals surface area contributed by atoms with Crippen molar-refractivity contribution in [1.82, 2.24) is 15.5 Å². The van der Waals surface area contributed by atoms with Gasteiger partial charge in [0.1, 0.15) is 0 Å². The topological polar surface area (TPSA) is 51.0 Å². The molecule has 108 valence electrons. The minimum absolute atomic E-state index is 0.0353. The van der Waals surface area contributed by atoms with E-state index >= 15 is 0 Å². The van der Waals surface area contributed by atoms with Crippen LogP contribution in [0.25, 0.3) is 11.4 Å². The fourth-order valence-electron chi connectivity index (χ4n) is 1.80. The van der Waals surface area contributed by atoms with Crippen molar-refractivity contribution >= 4 is 0 Å². The molecule has 2 aromatic rings. The molecule has 1 N–H and O–H groups in total. The van der Waals surface area contributed by atoms with Crippen LogP contribution in [0.15, 0.2) is 28.8 Å². The molecule has 0 spiro atoms. The van der Waals surface area contributed by atoms with Gasteiger partial charge in [-0.05, 0) is 32.3 Å². The van der Waals surface area contributed by atoms with Gasteiger partial charge in [-0.2, -0.15) is 4.98 Å². The summed E-state index contributed by atoms with van der Waals surface area (Å²) in [7, 11) is 0. The van der Waals surface area contributed by atoms with E-state index in [2.05, 4.69) is 62.2 Å². The van der Waals surface area contributed by atoms with E-state index in [4.69, 9.17) is 4.52 Å². The molecule has 2 rings (SSSR count). The van der Waals surface area contributed by atoms with Crippen LogP contribution in [0.3, 0.4) is 0 Å². The summed E-state index contributed by atoms with van der Waals surface area (Å²) < 4.78 is 5.27. The fraction of sp³-hybridized carbons (Fsp3) is 0.500. The molecule has 0 saturated heterocycles. The van der Waals surface area contributed by atoms with Gasteiger partial charge in [0.05, 0.1) is 6.54 Å². The molecule has 0 aliphatic carbocycles. The van der Waals surface area contributed by atoms with Gasteiger partial charge >= 0.3 is 0 Å². The van der Waals surface area contributed by atoms with Crippen molar-refractivity contribution in [3.05, 3.63) is 35.7 Å². The second-order valence-electron chi connectivity index (χ2n) is 6.39. The Labute approximate surface area is 120 Å². The second-order valence-corrected chi connectivity index (χ2v) is 6.39. The Morgan fingerprint density at radius 2 is 1.80 bits per heavy atom. The first-order valence-electron chi connectivity index (χ1n) is 7.03. The molecule has 0 bridgehead atoms. The van der Waals surface area contributed by atoms with Crippen molar-refractivity contribution in [2.75, 3.05) is 0 Å². The zero-order valence-corrected chi connectivity index (χ0v) is 12.9. The molecule has 0 unspecified atom stereocenters. The summed E-state index contributed by atoms with van der Waals surface area (Å²) in [6, 6.07) is 8.31. The minimum Gasteiger partial charge on any atom is -0.338 e. The molecule has 4 nitrogen and oxygen atoms in total. The first-order valence-corrected chi connectivity index (χ1v) is 7.03. The number of hydrogen-bond acceptors (Lipinski definition) is 4. The van der Waals surface area contributed by atoms with E-state index in [1.807, 2.05) is 12.1 Å². The van der Waals surface area contributed by atoms with Crippen LogP contribution in [0, 0.1) is 0 Å². The van der Waals surface area contributed by atoms with Crippen molar-refractivity contribution in [2.45, 2.75) is 52.6 Å². The third kappa shape index (κ3) is 3.90. The van der Waals surface area contributed by atoms with Crippen molar-refractivity contribution in [3.8, 4) is 11.4 Å². The van der Waals surface area contributed by atoms with Gasteiger partial charge in [0.25, 0.3) is 0 Å². The van der Waals surface area contributed by atoms with Crippen LogP contribution in [-0.4, -0.2) is 15.7 Å². The van der Waals surface area contributed by atoms with Gasteiger partial charge in [0.2, 0.25) is 11.7 Å². The van der Waals surface area contributed by atoms with Crippen LogP contribution in [0.2, 0.25) is 0 Å². The smallest absolute Gasteiger partial charge is 0.240 e. The minimum atomic E-state index is 0.0353. The number of hydrogen-bond donors (Lipinski definition) is 1. The molecule has 0 aliphatic heterocycles. The number of benzene rings is 1. The lowest BCUT2D eigenvalue weighted by atomic mass is 10.0. The highest BCUT2D eigenvalue weighted by molar-refractivity contribution is 5.54. The van der Waals surface area contributed by atoms with Gasteiger partial charge in [-0.25, -0.2) is 0 Å². The van der Waals surface area contributed by atoms with Gasteiger partial charge < -0.3 is 9.84 Å². The highest BCUT2D eigenvalue weighted by Gasteiger charge is 2.13. The molecule has 0 fully saturated rings. The highest BCUT2D eigenvalue weighted by atomic mass is 16.5. The van der Waals surface area contributed by atoms with Crippen LogP contribution in [0.4, 0.5) is 0 Å². The SMILES string of the molecule is CC(C)c1ccc(-c2noc(CNC(C)(C)C)n2)cc1. The lowest BCUT2D eigenvalue weighted by Gasteiger charge is -2.18. The maximum atomic E-state index is 5.27. The number of aromatic nitrogens is 2.